The molecule has 0 radical (unpaired) electrons. The number of aliphatic hydroxyl groups is 1. The number of aryl methyl sites for hydroxylation is 1. The minimum absolute atomic E-state index is 0.0189. The van der Waals surface area contributed by atoms with Crippen molar-refractivity contribution in [3.8, 4) is 0 Å². The standard InChI is InChI=1S/C16H17F2N3O4S/c1-9-6-13(12(18)7-11(9)17)26(23,24)21-5-4-16(22,8-21)15-19-14(20-25-15)10-2-3-10/h6-7,10,22H,2-5,8H2,1H3/t16-/m0/s1. The molecule has 1 aliphatic carbocycles. The summed E-state index contributed by atoms with van der Waals surface area (Å²) < 4.78 is 59.0. The molecule has 1 aromatic carbocycles. The summed E-state index contributed by atoms with van der Waals surface area (Å²) >= 11 is 0. The zero-order valence-electron chi connectivity index (χ0n) is 13.9. The van der Waals surface area contributed by atoms with E-state index in [1.54, 1.807) is 0 Å². The van der Waals surface area contributed by atoms with Gasteiger partial charge < -0.3 is 9.63 Å². The van der Waals surface area contributed by atoms with E-state index < -0.39 is 32.2 Å². The highest BCUT2D eigenvalue weighted by Crippen LogP contribution is 2.40. The van der Waals surface area contributed by atoms with Crippen LogP contribution in [0.5, 0.6) is 0 Å². The van der Waals surface area contributed by atoms with E-state index >= 15 is 0 Å². The van der Waals surface area contributed by atoms with E-state index in [9.17, 15) is 22.3 Å². The quantitative estimate of drug-likeness (QED) is 0.862. The molecule has 4 rings (SSSR count). The van der Waals surface area contributed by atoms with Gasteiger partial charge in [-0.15, -0.1) is 0 Å². The Hall–Kier alpha value is -1.91. The summed E-state index contributed by atoms with van der Waals surface area (Å²) in [5, 5.41) is 14.6. The van der Waals surface area contributed by atoms with E-state index in [1.807, 2.05) is 0 Å². The molecule has 1 saturated heterocycles. The van der Waals surface area contributed by atoms with Crippen molar-refractivity contribution in [1.29, 1.82) is 0 Å². The SMILES string of the molecule is Cc1cc(S(=O)(=O)N2CC[C@@](O)(c3nc(C4CC4)no3)C2)c(F)cc1F. The van der Waals surface area contributed by atoms with Gasteiger partial charge in [0.25, 0.3) is 5.89 Å². The maximum atomic E-state index is 14.0. The molecule has 1 saturated carbocycles. The third-order valence-electron chi connectivity index (χ3n) is 4.83. The summed E-state index contributed by atoms with van der Waals surface area (Å²) in [5.41, 5.74) is -1.61. The molecule has 0 amide bonds. The van der Waals surface area contributed by atoms with Crippen LogP contribution in [0, 0.1) is 18.6 Å². The van der Waals surface area contributed by atoms with E-state index in [0.29, 0.717) is 11.9 Å². The average molecular weight is 385 g/mol. The fourth-order valence-corrected chi connectivity index (χ4v) is 4.66. The molecule has 1 atom stereocenters. The second-order valence-corrected chi connectivity index (χ2v) is 8.79. The molecule has 2 aliphatic rings. The number of halogens is 2. The Morgan fingerprint density at radius 1 is 1.31 bits per heavy atom. The number of sulfonamides is 1. The zero-order valence-corrected chi connectivity index (χ0v) is 14.8. The second kappa shape index (κ2) is 5.80. The van der Waals surface area contributed by atoms with Crippen molar-refractivity contribution in [3.63, 3.8) is 0 Å². The van der Waals surface area contributed by atoms with Gasteiger partial charge >= 0.3 is 0 Å². The summed E-state index contributed by atoms with van der Waals surface area (Å²) in [6.07, 6.45) is 1.96. The van der Waals surface area contributed by atoms with Crippen LogP contribution in [0.4, 0.5) is 8.78 Å². The first-order chi connectivity index (χ1) is 12.2. The Morgan fingerprint density at radius 2 is 2.04 bits per heavy atom. The van der Waals surface area contributed by atoms with Crippen LogP contribution in [0.1, 0.15) is 42.5 Å². The van der Waals surface area contributed by atoms with Crippen LogP contribution in [0.25, 0.3) is 0 Å². The molecule has 140 valence electrons. The van der Waals surface area contributed by atoms with Gasteiger partial charge in [0, 0.05) is 24.9 Å². The number of hydrogen-bond donors (Lipinski definition) is 1. The van der Waals surface area contributed by atoms with Gasteiger partial charge in [0.2, 0.25) is 10.0 Å². The molecule has 2 fully saturated rings. The van der Waals surface area contributed by atoms with Crippen LogP contribution < -0.4 is 0 Å². The molecule has 10 heteroatoms. The minimum atomic E-state index is -4.24. The molecule has 2 heterocycles. The molecule has 7 nitrogen and oxygen atoms in total. The van der Waals surface area contributed by atoms with Gasteiger partial charge in [-0.3, -0.25) is 0 Å². The lowest BCUT2D eigenvalue weighted by Crippen LogP contribution is -2.35. The molecule has 2 aromatic rings. The summed E-state index contributed by atoms with van der Waals surface area (Å²) in [6, 6.07) is 1.50. The van der Waals surface area contributed by atoms with Crippen molar-refractivity contribution in [2.45, 2.75) is 42.6 Å². The van der Waals surface area contributed by atoms with Crippen LogP contribution >= 0.6 is 0 Å². The number of rotatable bonds is 4. The van der Waals surface area contributed by atoms with Crippen molar-refractivity contribution in [2.24, 2.45) is 0 Å². The molecule has 0 unspecified atom stereocenters. The molecule has 0 spiro atoms. The first kappa shape index (κ1) is 17.5. The highest BCUT2D eigenvalue weighted by Gasteiger charge is 2.47. The number of aromatic nitrogens is 2. The molecule has 1 aliphatic heterocycles. The van der Waals surface area contributed by atoms with Gasteiger partial charge in [-0.05, 0) is 31.4 Å². The third-order valence-corrected chi connectivity index (χ3v) is 6.69. The Balaban J connectivity index is 1.61. The van der Waals surface area contributed by atoms with Gasteiger partial charge in [-0.1, -0.05) is 5.16 Å². The fraction of sp³-hybridized carbons (Fsp3) is 0.500. The van der Waals surface area contributed by atoms with Crippen molar-refractivity contribution in [3.05, 3.63) is 41.0 Å². The maximum Gasteiger partial charge on any atom is 0.260 e. The Labute approximate surface area is 148 Å². The van der Waals surface area contributed by atoms with Crippen LogP contribution in [-0.2, 0) is 15.6 Å². The molecule has 1 N–H and O–H groups in total. The van der Waals surface area contributed by atoms with Crippen LogP contribution in [0.3, 0.4) is 0 Å². The van der Waals surface area contributed by atoms with Gasteiger partial charge in [-0.2, -0.15) is 9.29 Å². The lowest BCUT2D eigenvalue weighted by atomic mass is 10.0. The van der Waals surface area contributed by atoms with Gasteiger partial charge in [0.1, 0.15) is 16.5 Å². The molecular weight excluding hydrogens is 368 g/mol. The highest BCUT2D eigenvalue weighted by molar-refractivity contribution is 7.89. The predicted molar refractivity (Wildman–Crippen MR) is 84.6 cm³/mol. The molecule has 1 aromatic heterocycles. The monoisotopic (exact) mass is 385 g/mol. The minimum Gasteiger partial charge on any atom is -0.379 e. The summed E-state index contributed by atoms with van der Waals surface area (Å²) in [7, 11) is -4.24. The molecular formula is C16H17F2N3O4S. The zero-order chi connectivity index (χ0) is 18.7. The number of hydrogen-bond acceptors (Lipinski definition) is 6. The van der Waals surface area contributed by atoms with Crippen molar-refractivity contribution < 1.29 is 26.8 Å². The number of benzene rings is 1. The second-order valence-electron chi connectivity index (χ2n) is 6.88. The lowest BCUT2D eigenvalue weighted by Gasteiger charge is -2.20. The first-order valence-corrected chi connectivity index (χ1v) is 9.67. The maximum absolute atomic E-state index is 14.0. The molecule has 0 bridgehead atoms. The van der Waals surface area contributed by atoms with Crippen molar-refractivity contribution >= 4 is 10.0 Å². The third kappa shape index (κ3) is 2.81. The van der Waals surface area contributed by atoms with Crippen molar-refractivity contribution in [1.82, 2.24) is 14.4 Å². The van der Waals surface area contributed by atoms with Gasteiger partial charge in [-0.25, -0.2) is 17.2 Å². The Kier molecular flexibility index (Phi) is 3.90. The summed E-state index contributed by atoms with van der Waals surface area (Å²) in [4.78, 5) is 3.57. The van der Waals surface area contributed by atoms with Crippen LogP contribution in [0.15, 0.2) is 21.6 Å². The Bertz CT molecular complexity index is 974. The summed E-state index contributed by atoms with van der Waals surface area (Å²) in [6.45, 7) is 0.972. The van der Waals surface area contributed by atoms with Crippen LogP contribution in [-0.4, -0.2) is 41.1 Å². The van der Waals surface area contributed by atoms with E-state index in [4.69, 9.17) is 4.52 Å². The smallest absolute Gasteiger partial charge is 0.260 e. The summed E-state index contributed by atoms with van der Waals surface area (Å²) in [5.74, 6) is -1.29. The van der Waals surface area contributed by atoms with Gasteiger partial charge in [0.15, 0.2) is 11.4 Å². The average Bonchev–Trinajstić information content (AvgIpc) is 3.14. The van der Waals surface area contributed by atoms with E-state index in [2.05, 4.69) is 10.1 Å². The normalized spacial score (nSPS) is 24.3. The highest BCUT2D eigenvalue weighted by atomic mass is 32.2. The molecule has 26 heavy (non-hydrogen) atoms. The lowest BCUT2D eigenvalue weighted by molar-refractivity contribution is 0.0194. The topological polar surface area (TPSA) is 96.5 Å². The van der Waals surface area contributed by atoms with E-state index in [1.165, 1.54) is 6.92 Å². The first-order valence-electron chi connectivity index (χ1n) is 8.23. The van der Waals surface area contributed by atoms with E-state index in [-0.39, 0.29) is 36.9 Å². The largest absolute Gasteiger partial charge is 0.379 e. The van der Waals surface area contributed by atoms with Crippen LogP contribution in [0.2, 0.25) is 0 Å². The predicted octanol–water partition coefficient (Wildman–Crippen LogP) is 1.82. The van der Waals surface area contributed by atoms with Gasteiger partial charge in [0.05, 0.1) is 6.54 Å². The number of nitrogens with zero attached hydrogens (tertiary/aromatic N) is 3. The Morgan fingerprint density at radius 3 is 2.73 bits per heavy atom. The van der Waals surface area contributed by atoms with E-state index in [0.717, 1.165) is 23.2 Å². The van der Waals surface area contributed by atoms with Crippen molar-refractivity contribution in [2.75, 3.05) is 13.1 Å². The fourth-order valence-electron chi connectivity index (χ4n) is 3.04. The number of β-amino-alcohol motifs (C(OH)–C–C–N with tert-alkyl or cyclic N) is 1.